The van der Waals surface area contributed by atoms with Gasteiger partial charge in [-0.15, -0.1) is 0 Å². The molecule has 0 spiro atoms. The topological polar surface area (TPSA) is 237 Å². The van der Waals surface area contributed by atoms with E-state index in [1.54, 1.807) is 0 Å². The largest absolute Gasteiger partial charge is 0.472 e. The van der Waals surface area contributed by atoms with Crippen LogP contribution in [0.25, 0.3) is 0 Å². The predicted octanol–water partition coefficient (Wildman–Crippen LogP) is 27.3. The standard InChI is InChI=1S/C88H172O17P2/c1-5-9-13-17-21-25-29-32-35-38-40-42-45-48-51-55-59-63-67-71-75-88(93)105-84(79-99-86(91)73-69-65-61-57-53-49-46-44-41-39-36-33-30-26-22-18-14-10-6-2)81-103-107(96,97)101-77-82(89)76-100-106(94,95)102-80-83(78-98-85(90)72-68-64-60-56-52-28-24-20-16-12-8-4)104-87(92)74-70-66-62-58-54-50-47-43-37-34-31-27-23-19-15-11-7-3/h82-84,89H,5-81H2,1-4H3,(H,94,95)(H,96,97)/t82-,83+,84+/m0/s1. The van der Waals surface area contributed by atoms with E-state index < -0.39 is 97.5 Å². The minimum Gasteiger partial charge on any atom is -0.462 e. The molecule has 2 unspecified atom stereocenters. The second kappa shape index (κ2) is 82.1. The van der Waals surface area contributed by atoms with Gasteiger partial charge in [-0.25, -0.2) is 9.13 Å². The summed E-state index contributed by atoms with van der Waals surface area (Å²) in [6.45, 7) is 5.07. The number of ether oxygens (including phenoxy) is 4. The smallest absolute Gasteiger partial charge is 0.462 e. The highest BCUT2D eigenvalue weighted by Gasteiger charge is 2.30. The number of hydrogen-bond donors (Lipinski definition) is 3. The van der Waals surface area contributed by atoms with Crippen molar-refractivity contribution in [2.24, 2.45) is 0 Å². The van der Waals surface area contributed by atoms with E-state index in [9.17, 15) is 43.2 Å². The van der Waals surface area contributed by atoms with Gasteiger partial charge in [0.15, 0.2) is 12.2 Å². The van der Waals surface area contributed by atoms with E-state index in [0.29, 0.717) is 25.7 Å². The van der Waals surface area contributed by atoms with E-state index in [-0.39, 0.29) is 25.7 Å². The molecule has 5 atom stereocenters. The summed E-state index contributed by atoms with van der Waals surface area (Å²) in [4.78, 5) is 73.3. The van der Waals surface area contributed by atoms with Crippen LogP contribution in [0.4, 0.5) is 0 Å². The van der Waals surface area contributed by atoms with E-state index in [1.165, 1.54) is 315 Å². The van der Waals surface area contributed by atoms with Crippen LogP contribution >= 0.6 is 15.6 Å². The molecular formula is C88H172O17P2. The molecule has 636 valence electrons. The number of aliphatic hydroxyl groups is 1. The van der Waals surface area contributed by atoms with Crippen LogP contribution in [0.1, 0.15) is 484 Å². The Morgan fingerprint density at radius 3 is 0.551 bits per heavy atom. The van der Waals surface area contributed by atoms with Gasteiger partial charge in [-0.3, -0.25) is 37.3 Å². The number of phosphoric ester groups is 2. The lowest BCUT2D eigenvalue weighted by atomic mass is 10.0. The monoisotopic (exact) mass is 1560 g/mol. The highest BCUT2D eigenvalue weighted by molar-refractivity contribution is 7.47. The molecule has 0 aromatic carbocycles. The number of unbranched alkanes of at least 4 members (excludes halogenated alkanes) is 63. The molecule has 0 amide bonds. The molecule has 0 aliphatic rings. The van der Waals surface area contributed by atoms with Crippen LogP contribution in [0.3, 0.4) is 0 Å². The lowest BCUT2D eigenvalue weighted by Crippen LogP contribution is -2.30. The third-order valence-corrected chi connectivity index (χ3v) is 22.8. The lowest BCUT2D eigenvalue weighted by Gasteiger charge is -2.21. The molecule has 0 aromatic rings. The van der Waals surface area contributed by atoms with Crippen LogP contribution in [0.5, 0.6) is 0 Å². The Kier molecular flexibility index (Phi) is 80.6. The minimum atomic E-state index is -4.97. The van der Waals surface area contributed by atoms with E-state index in [1.807, 2.05) is 0 Å². The molecule has 0 fully saturated rings. The number of rotatable bonds is 89. The van der Waals surface area contributed by atoms with E-state index in [4.69, 9.17) is 37.0 Å². The number of carbonyl (C=O) groups is 4. The number of aliphatic hydroxyl groups excluding tert-OH is 1. The van der Waals surface area contributed by atoms with Crippen molar-refractivity contribution in [3.05, 3.63) is 0 Å². The van der Waals surface area contributed by atoms with Crippen molar-refractivity contribution in [1.82, 2.24) is 0 Å². The van der Waals surface area contributed by atoms with Crippen LogP contribution in [0.2, 0.25) is 0 Å². The molecule has 0 radical (unpaired) electrons. The van der Waals surface area contributed by atoms with Crippen LogP contribution in [-0.4, -0.2) is 96.7 Å². The number of carbonyl (C=O) groups excluding carboxylic acids is 4. The number of hydrogen-bond acceptors (Lipinski definition) is 15. The van der Waals surface area contributed by atoms with E-state index in [2.05, 4.69) is 27.7 Å². The maximum Gasteiger partial charge on any atom is 0.472 e. The Balaban J connectivity index is 5.23. The van der Waals surface area contributed by atoms with Gasteiger partial charge in [0.05, 0.1) is 26.4 Å². The molecule has 19 heteroatoms. The van der Waals surface area contributed by atoms with Gasteiger partial charge in [-0.1, -0.05) is 432 Å². The fraction of sp³-hybridized carbons (Fsp3) is 0.955. The summed E-state index contributed by atoms with van der Waals surface area (Å²) in [7, 11) is -9.93. The Bertz CT molecular complexity index is 2020. The van der Waals surface area contributed by atoms with Crippen molar-refractivity contribution < 1.29 is 80.2 Å². The van der Waals surface area contributed by atoms with Gasteiger partial charge in [0, 0.05) is 25.7 Å². The fourth-order valence-electron chi connectivity index (χ4n) is 13.9. The molecule has 107 heavy (non-hydrogen) atoms. The summed E-state index contributed by atoms with van der Waals surface area (Å²) in [6.07, 6.45) is 77.8. The van der Waals surface area contributed by atoms with Gasteiger partial charge >= 0.3 is 39.5 Å². The van der Waals surface area contributed by atoms with Gasteiger partial charge in [0.25, 0.3) is 0 Å². The molecule has 0 aliphatic carbocycles. The molecule has 0 heterocycles. The summed E-state index contributed by atoms with van der Waals surface area (Å²) in [5.74, 6) is -2.09. The Morgan fingerprint density at radius 2 is 0.374 bits per heavy atom. The maximum atomic E-state index is 13.2. The van der Waals surface area contributed by atoms with Crippen LogP contribution in [0.15, 0.2) is 0 Å². The maximum absolute atomic E-state index is 13.2. The molecule has 0 saturated carbocycles. The number of esters is 4. The molecule has 0 saturated heterocycles. The summed E-state index contributed by atoms with van der Waals surface area (Å²) < 4.78 is 69.0. The zero-order chi connectivity index (χ0) is 78.1. The van der Waals surface area contributed by atoms with Crippen molar-refractivity contribution in [1.29, 1.82) is 0 Å². The Morgan fingerprint density at radius 1 is 0.224 bits per heavy atom. The molecule has 0 bridgehead atoms. The van der Waals surface area contributed by atoms with Gasteiger partial charge in [-0.05, 0) is 25.7 Å². The second-order valence-corrected chi connectivity index (χ2v) is 34.5. The average Bonchev–Trinajstić information content (AvgIpc) is 0.901. The average molecular weight is 1560 g/mol. The highest BCUT2D eigenvalue weighted by Crippen LogP contribution is 2.45. The van der Waals surface area contributed by atoms with E-state index in [0.717, 1.165) is 89.9 Å². The van der Waals surface area contributed by atoms with Crippen LogP contribution < -0.4 is 0 Å². The summed E-state index contributed by atoms with van der Waals surface area (Å²) in [5, 5.41) is 10.7. The van der Waals surface area contributed by atoms with Crippen molar-refractivity contribution in [2.75, 3.05) is 39.6 Å². The first-order valence-corrected chi connectivity index (χ1v) is 48.8. The van der Waals surface area contributed by atoms with Crippen LogP contribution in [-0.2, 0) is 65.4 Å². The Hall–Kier alpha value is -1.94. The quantitative estimate of drug-likeness (QED) is 0.0222. The van der Waals surface area contributed by atoms with Gasteiger partial charge in [0.1, 0.15) is 19.3 Å². The van der Waals surface area contributed by atoms with Gasteiger partial charge < -0.3 is 33.8 Å². The predicted molar refractivity (Wildman–Crippen MR) is 442 cm³/mol. The first-order chi connectivity index (χ1) is 52.2. The van der Waals surface area contributed by atoms with Gasteiger partial charge in [0.2, 0.25) is 0 Å². The van der Waals surface area contributed by atoms with Crippen LogP contribution in [0, 0.1) is 0 Å². The molecule has 17 nitrogen and oxygen atoms in total. The second-order valence-electron chi connectivity index (χ2n) is 31.6. The lowest BCUT2D eigenvalue weighted by molar-refractivity contribution is -0.161. The first kappa shape index (κ1) is 105. The zero-order valence-electron chi connectivity index (χ0n) is 70.1. The van der Waals surface area contributed by atoms with Crippen molar-refractivity contribution in [3.63, 3.8) is 0 Å². The highest BCUT2D eigenvalue weighted by atomic mass is 31.2. The zero-order valence-corrected chi connectivity index (χ0v) is 71.9. The SMILES string of the molecule is CCCCCCCCCCCCCCCCCCCCCCC(=O)O[C@H](COC(=O)CCCCCCCCCCCCCCCCCCCCC)COP(=O)(O)OC[C@@H](O)COP(=O)(O)OC[C@@H](COC(=O)CCCCCCCCCCCCC)OC(=O)CCCCCCCCCCCCCCCCCCC. The molecular weight excluding hydrogens is 1390 g/mol. The molecule has 3 N–H and O–H groups in total. The number of phosphoric acid groups is 2. The first-order valence-electron chi connectivity index (χ1n) is 45.8. The normalized spacial score (nSPS) is 13.7. The molecule has 0 aliphatic heterocycles. The van der Waals surface area contributed by atoms with Crippen molar-refractivity contribution >= 4 is 39.5 Å². The summed E-state index contributed by atoms with van der Waals surface area (Å²) >= 11 is 0. The molecule has 0 rings (SSSR count). The molecule has 0 aromatic heterocycles. The van der Waals surface area contributed by atoms with Crippen molar-refractivity contribution in [2.45, 2.75) is 502 Å². The third kappa shape index (κ3) is 81.9. The van der Waals surface area contributed by atoms with E-state index >= 15 is 0 Å². The van der Waals surface area contributed by atoms with Crippen molar-refractivity contribution in [3.8, 4) is 0 Å². The Labute approximate surface area is 658 Å². The summed E-state index contributed by atoms with van der Waals surface area (Å²) in [6, 6.07) is 0. The van der Waals surface area contributed by atoms with Gasteiger partial charge in [-0.2, -0.15) is 0 Å². The summed E-state index contributed by atoms with van der Waals surface area (Å²) in [5.41, 5.74) is 0. The third-order valence-electron chi connectivity index (χ3n) is 20.9. The fourth-order valence-corrected chi connectivity index (χ4v) is 15.5. The minimum absolute atomic E-state index is 0.109.